The van der Waals surface area contributed by atoms with E-state index < -0.39 is 5.97 Å². The van der Waals surface area contributed by atoms with Crippen molar-refractivity contribution in [3.05, 3.63) is 41.5 Å². The van der Waals surface area contributed by atoms with Crippen molar-refractivity contribution >= 4 is 12.0 Å². The SMILES string of the molecule is O=C(O)/C=C/c1cccc(COC2CCOCC2)c1. The molecule has 0 saturated carbocycles. The Balaban J connectivity index is 1.89. The summed E-state index contributed by atoms with van der Waals surface area (Å²) in [6.07, 6.45) is 4.88. The van der Waals surface area contributed by atoms with Gasteiger partial charge in [-0.25, -0.2) is 4.79 Å². The molecular formula is C15H18O4. The largest absolute Gasteiger partial charge is 0.478 e. The number of hydrogen-bond donors (Lipinski definition) is 1. The van der Waals surface area contributed by atoms with E-state index in [9.17, 15) is 4.79 Å². The molecule has 1 saturated heterocycles. The van der Waals surface area contributed by atoms with Gasteiger partial charge in [-0.05, 0) is 36.1 Å². The van der Waals surface area contributed by atoms with Crippen molar-refractivity contribution in [2.24, 2.45) is 0 Å². The molecule has 1 fully saturated rings. The Hall–Kier alpha value is -1.65. The number of carboxylic acid groups (broad SMARTS) is 1. The van der Waals surface area contributed by atoms with Crippen LogP contribution in [0, 0.1) is 0 Å². The second-order valence-electron chi connectivity index (χ2n) is 4.54. The fourth-order valence-corrected chi connectivity index (χ4v) is 2.01. The van der Waals surface area contributed by atoms with Crippen molar-refractivity contribution in [2.45, 2.75) is 25.6 Å². The van der Waals surface area contributed by atoms with Gasteiger partial charge in [0, 0.05) is 19.3 Å². The predicted molar refractivity (Wildman–Crippen MR) is 71.7 cm³/mol. The lowest BCUT2D eigenvalue weighted by atomic mass is 10.1. The van der Waals surface area contributed by atoms with Gasteiger partial charge in [0.05, 0.1) is 12.7 Å². The Bertz CT molecular complexity index is 447. The van der Waals surface area contributed by atoms with Gasteiger partial charge in [-0.1, -0.05) is 18.2 Å². The molecule has 0 bridgehead atoms. The maximum absolute atomic E-state index is 10.5. The minimum atomic E-state index is -0.941. The first kappa shape index (κ1) is 13.8. The molecule has 0 amide bonds. The van der Waals surface area contributed by atoms with Crippen LogP contribution in [0.3, 0.4) is 0 Å². The molecule has 4 nitrogen and oxygen atoms in total. The molecule has 0 unspecified atom stereocenters. The summed E-state index contributed by atoms with van der Waals surface area (Å²) in [6, 6.07) is 7.71. The first-order chi connectivity index (χ1) is 9.24. The highest BCUT2D eigenvalue weighted by molar-refractivity contribution is 5.85. The van der Waals surface area contributed by atoms with Crippen LogP contribution in [0.25, 0.3) is 6.08 Å². The zero-order valence-electron chi connectivity index (χ0n) is 10.7. The van der Waals surface area contributed by atoms with Crippen LogP contribution in [0.15, 0.2) is 30.3 Å². The number of carbonyl (C=O) groups is 1. The third-order valence-electron chi connectivity index (χ3n) is 3.02. The maximum atomic E-state index is 10.5. The summed E-state index contributed by atoms with van der Waals surface area (Å²) in [5, 5.41) is 8.59. The van der Waals surface area contributed by atoms with Gasteiger partial charge in [-0.2, -0.15) is 0 Å². The molecule has 1 aliphatic rings. The summed E-state index contributed by atoms with van der Waals surface area (Å²) in [7, 11) is 0. The summed E-state index contributed by atoms with van der Waals surface area (Å²) in [5.41, 5.74) is 1.93. The average Bonchev–Trinajstić information content (AvgIpc) is 2.44. The van der Waals surface area contributed by atoms with Crippen LogP contribution in [-0.2, 0) is 20.9 Å². The lowest BCUT2D eigenvalue weighted by Crippen LogP contribution is -2.23. The van der Waals surface area contributed by atoms with E-state index in [2.05, 4.69) is 0 Å². The lowest BCUT2D eigenvalue weighted by Gasteiger charge is -2.22. The van der Waals surface area contributed by atoms with Crippen molar-refractivity contribution < 1.29 is 19.4 Å². The second-order valence-corrected chi connectivity index (χ2v) is 4.54. The van der Waals surface area contributed by atoms with Gasteiger partial charge in [-0.3, -0.25) is 0 Å². The zero-order valence-corrected chi connectivity index (χ0v) is 10.7. The highest BCUT2D eigenvalue weighted by Gasteiger charge is 2.13. The summed E-state index contributed by atoms with van der Waals surface area (Å²) >= 11 is 0. The van der Waals surface area contributed by atoms with Crippen LogP contribution in [0.5, 0.6) is 0 Å². The Morgan fingerprint density at radius 3 is 2.95 bits per heavy atom. The molecule has 2 rings (SSSR count). The molecule has 19 heavy (non-hydrogen) atoms. The molecule has 0 radical (unpaired) electrons. The van der Waals surface area contributed by atoms with Crippen LogP contribution < -0.4 is 0 Å². The second kappa shape index (κ2) is 7.07. The molecule has 0 aliphatic carbocycles. The normalized spacial score (nSPS) is 16.8. The molecule has 102 valence electrons. The van der Waals surface area contributed by atoms with E-state index in [1.165, 1.54) is 0 Å². The molecule has 0 spiro atoms. The van der Waals surface area contributed by atoms with E-state index in [0.29, 0.717) is 6.61 Å². The quantitative estimate of drug-likeness (QED) is 0.828. The van der Waals surface area contributed by atoms with E-state index in [-0.39, 0.29) is 6.10 Å². The van der Waals surface area contributed by atoms with E-state index in [1.807, 2.05) is 24.3 Å². The van der Waals surface area contributed by atoms with E-state index in [4.69, 9.17) is 14.6 Å². The Morgan fingerprint density at radius 2 is 2.21 bits per heavy atom. The third-order valence-corrected chi connectivity index (χ3v) is 3.02. The van der Waals surface area contributed by atoms with Gasteiger partial charge in [0.15, 0.2) is 0 Å². The molecular weight excluding hydrogens is 244 g/mol. The number of hydrogen-bond acceptors (Lipinski definition) is 3. The van der Waals surface area contributed by atoms with Crippen molar-refractivity contribution in [3.63, 3.8) is 0 Å². The number of rotatable bonds is 5. The number of aliphatic carboxylic acids is 1. The first-order valence-electron chi connectivity index (χ1n) is 6.43. The van der Waals surface area contributed by atoms with Crippen molar-refractivity contribution in [1.29, 1.82) is 0 Å². The average molecular weight is 262 g/mol. The standard InChI is InChI=1S/C15H18O4/c16-15(17)5-4-12-2-1-3-13(10-12)11-19-14-6-8-18-9-7-14/h1-5,10,14H,6-9,11H2,(H,16,17)/b5-4+. The number of ether oxygens (including phenoxy) is 2. The monoisotopic (exact) mass is 262 g/mol. The minimum Gasteiger partial charge on any atom is -0.478 e. The third kappa shape index (κ3) is 4.85. The number of carboxylic acids is 1. The Labute approximate surface area is 112 Å². The molecule has 0 atom stereocenters. The van der Waals surface area contributed by atoms with E-state index >= 15 is 0 Å². The zero-order chi connectivity index (χ0) is 13.5. The van der Waals surface area contributed by atoms with Gasteiger partial charge in [-0.15, -0.1) is 0 Å². The summed E-state index contributed by atoms with van der Waals surface area (Å²) < 4.78 is 11.1. The molecule has 1 aromatic rings. The molecule has 1 N–H and O–H groups in total. The molecule has 1 aliphatic heterocycles. The fourth-order valence-electron chi connectivity index (χ4n) is 2.01. The van der Waals surface area contributed by atoms with Gasteiger partial charge in [0.25, 0.3) is 0 Å². The molecule has 0 aromatic heterocycles. The van der Waals surface area contributed by atoms with Gasteiger partial charge < -0.3 is 14.6 Å². The lowest BCUT2D eigenvalue weighted by molar-refractivity contribution is -0.131. The molecule has 1 heterocycles. The highest BCUT2D eigenvalue weighted by atomic mass is 16.5. The van der Waals surface area contributed by atoms with Crippen LogP contribution in [-0.4, -0.2) is 30.4 Å². The van der Waals surface area contributed by atoms with Gasteiger partial charge >= 0.3 is 5.97 Å². The van der Waals surface area contributed by atoms with Crippen LogP contribution in [0.4, 0.5) is 0 Å². The van der Waals surface area contributed by atoms with Gasteiger partial charge in [0.1, 0.15) is 0 Å². The number of benzene rings is 1. The van der Waals surface area contributed by atoms with Crippen molar-refractivity contribution in [1.82, 2.24) is 0 Å². The predicted octanol–water partition coefficient (Wildman–Crippen LogP) is 2.48. The molecule has 4 heteroatoms. The van der Waals surface area contributed by atoms with Crippen LogP contribution in [0.1, 0.15) is 24.0 Å². The summed E-state index contributed by atoms with van der Waals surface area (Å²) in [4.78, 5) is 10.5. The van der Waals surface area contributed by atoms with Crippen LogP contribution >= 0.6 is 0 Å². The van der Waals surface area contributed by atoms with Crippen LogP contribution in [0.2, 0.25) is 0 Å². The minimum absolute atomic E-state index is 0.270. The van der Waals surface area contributed by atoms with Crippen molar-refractivity contribution in [2.75, 3.05) is 13.2 Å². The smallest absolute Gasteiger partial charge is 0.328 e. The first-order valence-corrected chi connectivity index (χ1v) is 6.43. The van der Waals surface area contributed by atoms with Crippen molar-refractivity contribution in [3.8, 4) is 0 Å². The maximum Gasteiger partial charge on any atom is 0.328 e. The van der Waals surface area contributed by atoms with Gasteiger partial charge in [0.2, 0.25) is 0 Å². The summed E-state index contributed by atoms with van der Waals surface area (Å²) in [6.45, 7) is 2.09. The summed E-state index contributed by atoms with van der Waals surface area (Å²) in [5.74, 6) is -0.941. The molecule has 1 aromatic carbocycles. The topological polar surface area (TPSA) is 55.8 Å². The van der Waals surface area contributed by atoms with E-state index in [0.717, 1.165) is 43.3 Å². The van der Waals surface area contributed by atoms with E-state index in [1.54, 1.807) is 6.08 Å². The fraction of sp³-hybridized carbons (Fsp3) is 0.400. The Morgan fingerprint density at radius 1 is 1.42 bits per heavy atom. The highest BCUT2D eigenvalue weighted by Crippen LogP contribution is 2.14. The Kier molecular flexibility index (Phi) is 5.12.